The summed E-state index contributed by atoms with van der Waals surface area (Å²) in [5.41, 5.74) is 3.26. The van der Waals surface area contributed by atoms with E-state index >= 15 is 0 Å². The predicted octanol–water partition coefficient (Wildman–Crippen LogP) is 2.47. The number of carbonyl (C=O) groups is 1. The maximum absolute atomic E-state index is 11.5. The van der Waals surface area contributed by atoms with Crippen LogP contribution in [0.1, 0.15) is 38.3 Å². The lowest BCUT2D eigenvalue weighted by atomic mass is 10.0. The summed E-state index contributed by atoms with van der Waals surface area (Å²) < 4.78 is 5.60. The lowest BCUT2D eigenvalue weighted by Crippen LogP contribution is -2.43. The second-order valence-electron chi connectivity index (χ2n) is 7.47. The molecule has 150 valence electrons. The highest BCUT2D eigenvalue weighted by atomic mass is 16.5. The average molecular weight is 375 g/mol. The van der Waals surface area contributed by atoms with Crippen molar-refractivity contribution < 1.29 is 9.53 Å². The van der Waals surface area contributed by atoms with Gasteiger partial charge in [-0.15, -0.1) is 0 Å². The minimum absolute atomic E-state index is 0.00798. The summed E-state index contributed by atoms with van der Waals surface area (Å²) in [4.78, 5) is 13.3. The number of aryl methyl sites for hydroxylation is 1. The van der Waals surface area contributed by atoms with Gasteiger partial charge >= 0.3 is 0 Å². The molecule has 1 atom stereocenters. The van der Waals surface area contributed by atoms with Crippen molar-refractivity contribution in [3.63, 3.8) is 0 Å². The van der Waals surface area contributed by atoms with E-state index in [9.17, 15) is 4.79 Å². The number of ether oxygens (including phenoxy) is 1. The minimum atomic E-state index is -0.00798. The van der Waals surface area contributed by atoms with Gasteiger partial charge in [-0.3, -0.25) is 15.1 Å². The first kappa shape index (κ1) is 21.4. The highest BCUT2D eigenvalue weighted by Gasteiger charge is 2.31. The van der Waals surface area contributed by atoms with E-state index in [1.807, 2.05) is 16.8 Å². The SMILES string of the molecule is CCN(C=O)C1CN(CNCCCOCC(C)C)N=C1c1ccc(C)cc1. The molecule has 1 aromatic carbocycles. The summed E-state index contributed by atoms with van der Waals surface area (Å²) >= 11 is 0. The molecule has 1 N–H and O–H groups in total. The van der Waals surface area contributed by atoms with E-state index in [1.54, 1.807) is 0 Å². The average Bonchev–Trinajstić information content (AvgIpc) is 3.06. The Bertz CT molecular complexity index is 601. The number of carbonyl (C=O) groups excluding carboxylic acids is 1. The van der Waals surface area contributed by atoms with Gasteiger partial charge in [0.25, 0.3) is 0 Å². The Balaban J connectivity index is 1.90. The zero-order chi connectivity index (χ0) is 19.6. The van der Waals surface area contributed by atoms with Crippen LogP contribution in [0.15, 0.2) is 29.4 Å². The number of likely N-dealkylation sites (N-methyl/N-ethyl adjacent to an activating group) is 1. The fourth-order valence-electron chi connectivity index (χ4n) is 3.08. The van der Waals surface area contributed by atoms with Crippen molar-refractivity contribution in [2.45, 2.75) is 40.2 Å². The van der Waals surface area contributed by atoms with E-state index in [-0.39, 0.29) is 6.04 Å². The van der Waals surface area contributed by atoms with E-state index in [0.29, 0.717) is 25.7 Å². The Labute approximate surface area is 163 Å². The van der Waals surface area contributed by atoms with E-state index in [4.69, 9.17) is 9.84 Å². The standard InChI is InChI=1S/C21H34N4O2/c1-5-24(16-26)20-13-25(15-22-11-6-12-27-14-17(2)3)23-21(20)19-9-7-18(4)8-10-19/h7-10,16-17,20,22H,5-6,11-15H2,1-4H3. The number of nitrogens with one attached hydrogen (secondary N) is 1. The van der Waals surface area contributed by atoms with Crippen molar-refractivity contribution in [2.24, 2.45) is 11.0 Å². The molecule has 0 spiro atoms. The summed E-state index contributed by atoms with van der Waals surface area (Å²) in [6.45, 7) is 12.9. The van der Waals surface area contributed by atoms with Gasteiger partial charge in [0.05, 0.1) is 25.0 Å². The van der Waals surface area contributed by atoms with Crippen LogP contribution in [0.5, 0.6) is 0 Å². The third kappa shape index (κ3) is 6.63. The maximum atomic E-state index is 11.5. The zero-order valence-electron chi connectivity index (χ0n) is 17.1. The van der Waals surface area contributed by atoms with Crippen molar-refractivity contribution in [3.05, 3.63) is 35.4 Å². The molecule has 6 heteroatoms. The van der Waals surface area contributed by atoms with Crippen molar-refractivity contribution in [2.75, 3.05) is 39.5 Å². The first-order chi connectivity index (χ1) is 13.0. The van der Waals surface area contributed by atoms with Crippen LogP contribution in [0.25, 0.3) is 0 Å². The van der Waals surface area contributed by atoms with Crippen LogP contribution in [-0.2, 0) is 9.53 Å². The minimum Gasteiger partial charge on any atom is -0.381 e. The highest BCUT2D eigenvalue weighted by molar-refractivity contribution is 6.06. The molecule has 0 radical (unpaired) electrons. The Morgan fingerprint density at radius 1 is 1.37 bits per heavy atom. The van der Waals surface area contributed by atoms with Gasteiger partial charge in [0.15, 0.2) is 0 Å². The van der Waals surface area contributed by atoms with E-state index in [0.717, 1.165) is 43.9 Å². The molecule has 27 heavy (non-hydrogen) atoms. The molecule has 0 saturated carbocycles. The molecular formula is C21H34N4O2. The number of nitrogens with zero attached hydrogens (tertiary/aromatic N) is 3. The zero-order valence-corrected chi connectivity index (χ0v) is 17.1. The monoisotopic (exact) mass is 374 g/mol. The highest BCUT2D eigenvalue weighted by Crippen LogP contribution is 2.18. The van der Waals surface area contributed by atoms with Gasteiger partial charge in [-0.1, -0.05) is 43.7 Å². The summed E-state index contributed by atoms with van der Waals surface area (Å²) in [6, 6.07) is 8.34. The van der Waals surface area contributed by atoms with Gasteiger partial charge < -0.3 is 9.64 Å². The summed E-state index contributed by atoms with van der Waals surface area (Å²) in [5, 5.41) is 10.2. The Morgan fingerprint density at radius 3 is 2.74 bits per heavy atom. The van der Waals surface area contributed by atoms with Crippen LogP contribution in [0, 0.1) is 12.8 Å². The molecule has 2 rings (SSSR count). The fourth-order valence-corrected chi connectivity index (χ4v) is 3.08. The van der Waals surface area contributed by atoms with Crippen LogP contribution in [-0.4, -0.2) is 67.6 Å². The molecule has 6 nitrogen and oxygen atoms in total. The van der Waals surface area contributed by atoms with Crippen molar-refractivity contribution in [1.82, 2.24) is 15.2 Å². The van der Waals surface area contributed by atoms with E-state index in [1.165, 1.54) is 5.56 Å². The number of amides is 1. The molecule has 0 fully saturated rings. The Morgan fingerprint density at radius 2 is 2.11 bits per heavy atom. The molecule has 1 aliphatic rings. The lowest BCUT2D eigenvalue weighted by Gasteiger charge is -2.25. The number of hydrogen-bond acceptors (Lipinski definition) is 5. The topological polar surface area (TPSA) is 57.2 Å². The van der Waals surface area contributed by atoms with Crippen LogP contribution >= 0.6 is 0 Å². The van der Waals surface area contributed by atoms with Crippen LogP contribution in [0.2, 0.25) is 0 Å². The molecule has 0 bridgehead atoms. The van der Waals surface area contributed by atoms with E-state index < -0.39 is 0 Å². The van der Waals surface area contributed by atoms with Gasteiger partial charge in [-0.2, -0.15) is 5.10 Å². The quantitative estimate of drug-likeness (QED) is 0.451. The second kappa shape index (κ2) is 11.0. The van der Waals surface area contributed by atoms with Crippen molar-refractivity contribution >= 4 is 12.1 Å². The summed E-state index contributed by atoms with van der Waals surface area (Å²) in [5.74, 6) is 0.577. The Kier molecular flexibility index (Phi) is 8.75. The normalized spacial score (nSPS) is 16.7. The number of hydrazone groups is 1. The molecular weight excluding hydrogens is 340 g/mol. The fraction of sp³-hybridized carbons (Fsp3) is 0.619. The Hall–Kier alpha value is -1.92. The first-order valence-corrected chi connectivity index (χ1v) is 9.95. The largest absolute Gasteiger partial charge is 0.381 e. The smallest absolute Gasteiger partial charge is 0.210 e. The van der Waals surface area contributed by atoms with E-state index in [2.05, 4.69) is 50.4 Å². The van der Waals surface area contributed by atoms with Gasteiger partial charge in [0.1, 0.15) is 0 Å². The molecule has 1 aromatic rings. The predicted molar refractivity (Wildman–Crippen MR) is 110 cm³/mol. The molecule has 0 aliphatic carbocycles. The number of benzene rings is 1. The molecule has 1 heterocycles. The van der Waals surface area contributed by atoms with Gasteiger partial charge in [-0.05, 0) is 38.3 Å². The number of hydrogen-bond donors (Lipinski definition) is 1. The second-order valence-corrected chi connectivity index (χ2v) is 7.47. The third-order valence-electron chi connectivity index (χ3n) is 4.58. The molecule has 0 aromatic heterocycles. The van der Waals surface area contributed by atoms with Gasteiger partial charge in [-0.25, -0.2) is 0 Å². The van der Waals surface area contributed by atoms with Crippen LogP contribution in [0.3, 0.4) is 0 Å². The maximum Gasteiger partial charge on any atom is 0.210 e. The van der Waals surface area contributed by atoms with Crippen molar-refractivity contribution in [3.8, 4) is 0 Å². The summed E-state index contributed by atoms with van der Waals surface area (Å²) in [6.07, 6.45) is 1.91. The van der Waals surface area contributed by atoms with Gasteiger partial charge in [0.2, 0.25) is 6.41 Å². The molecule has 1 aliphatic heterocycles. The first-order valence-electron chi connectivity index (χ1n) is 9.95. The molecule has 1 unspecified atom stereocenters. The van der Waals surface area contributed by atoms with Crippen LogP contribution in [0.4, 0.5) is 0 Å². The van der Waals surface area contributed by atoms with Crippen LogP contribution < -0.4 is 5.32 Å². The molecule has 0 saturated heterocycles. The molecule has 1 amide bonds. The van der Waals surface area contributed by atoms with Gasteiger partial charge in [0, 0.05) is 19.8 Å². The number of rotatable bonds is 12. The summed E-state index contributed by atoms with van der Waals surface area (Å²) in [7, 11) is 0. The van der Waals surface area contributed by atoms with Crippen molar-refractivity contribution in [1.29, 1.82) is 0 Å². The lowest BCUT2D eigenvalue weighted by molar-refractivity contribution is -0.118. The third-order valence-corrected chi connectivity index (χ3v) is 4.58.